The minimum atomic E-state index is -0.220. The van der Waals surface area contributed by atoms with Crippen molar-refractivity contribution in [3.63, 3.8) is 0 Å². The number of nitrogens with one attached hydrogen (secondary N) is 1. The number of halogens is 2. The fourth-order valence-electron chi connectivity index (χ4n) is 1.69. The number of rotatable bonds is 3. The van der Waals surface area contributed by atoms with Gasteiger partial charge in [0.2, 0.25) is 0 Å². The Hall–Kier alpha value is -1.54. The third kappa shape index (κ3) is 3.21. The Kier molecular flexibility index (Phi) is 3.64. The van der Waals surface area contributed by atoms with Gasteiger partial charge in [-0.05, 0) is 42.8 Å². The normalized spacial score (nSPS) is 12.2. The largest absolute Gasteiger partial charge is 0.378 e. The summed E-state index contributed by atoms with van der Waals surface area (Å²) in [6.45, 7) is 1.98. The molecule has 1 unspecified atom stereocenters. The Morgan fingerprint density at radius 1 is 1.12 bits per heavy atom. The zero-order valence-corrected chi connectivity index (χ0v) is 10.2. The van der Waals surface area contributed by atoms with Crippen LogP contribution >= 0.6 is 11.6 Å². The van der Waals surface area contributed by atoms with Crippen molar-refractivity contribution in [1.82, 2.24) is 0 Å². The topological polar surface area (TPSA) is 12.0 Å². The van der Waals surface area contributed by atoms with Crippen LogP contribution in [-0.4, -0.2) is 0 Å². The van der Waals surface area contributed by atoms with E-state index in [1.807, 2.05) is 37.3 Å². The van der Waals surface area contributed by atoms with E-state index in [9.17, 15) is 4.39 Å². The molecule has 0 radical (unpaired) electrons. The fraction of sp³-hybridized carbons (Fsp3) is 0.143. The number of anilines is 1. The van der Waals surface area contributed by atoms with Gasteiger partial charge in [0.05, 0.1) is 0 Å². The maximum Gasteiger partial charge on any atom is 0.123 e. The molecule has 0 bridgehead atoms. The summed E-state index contributed by atoms with van der Waals surface area (Å²) >= 11 is 5.90. The van der Waals surface area contributed by atoms with E-state index in [0.717, 1.165) is 11.3 Å². The van der Waals surface area contributed by atoms with Gasteiger partial charge in [0, 0.05) is 16.8 Å². The summed E-state index contributed by atoms with van der Waals surface area (Å²) in [5.41, 5.74) is 1.83. The summed E-state index contributed by atoms with van der Waals surface area (Å²) in [5, 5.41) is 3.96. The molecule has 2 aromatic carbocycles. The van der Waals surface area contributed by atoms with Crippen molar-refractivity contribution in [2.75, 3.05) is 5.32 Å². The van der Waals surface area contributed by atoms with Crippen LogP contribution in [0.4, 0.5) is 10.1 Å². The maximum atomic E-state index is 13.1. The van der Waals surface area contributed by atoms with E-state index in [-0.39, 0.29) is 11.9 Å². The predicted molar refractivity (Wildman–Crippen MR) is 69.9 cm³/mol. The molecular weight excluding hydrogens is 237 g/mol. The van der Waals surface area contributed by atoms with Gasteiger partial charge in [-0.1, -0.05) is 29.8 Å². The summed E-state index contributed by atoms with van der Waals surface area (Å²) in [6.07, 6.45) is 0. The highest BCUT2D eigenvalue weighted by molar-refractivity contribution is 6.30. The van der Waals surface area contributed by atoms with E-state index in [1.54, 1.807) is 6.07 Å². The van der Waals surface area contributed by atoms with Gasteiger partial charge in [-0.15, -0.1) is 0 Å². The summed E-state index contributed by atoms with van der Waals surface area (Å²) in [5.74, 6) is -0.220. The molecule has 0 saturated carbocycles. The Morgan fingerprint density at radius 2 is 1.88 bits per heavy atom. The summed E-state index contributed by atoms with van der Waals surface area (Å²) in [7, 11) is 0. The first-order chi connectivity index (χ1) is 8.15. The molecule has 0 saturated heterocycles. The van der Waals surface area contributed by atoms with Crippen molar-refractivity contribution in [2.24, 2.45) is 0 Å². The lowest BCUT2D eigenvalue weighted by molar-refractivity contribution is 0.623. The van der Waals surface area contributed by atoms with E-state index < -0.39 is 0 Å². The van der Waals surface area contributed by atoms with Crippen LogP contribution < -0.4 is 5.32 Å². The Labute approximate surface area is 105 Å². The molecule has 3 heteroatoms. The monoisotopic (exact) mass is 249 g/mol. The highest BCUT2D eigenvalue weighted by Crippen LogP contribution is 2.21. The van der Waals surface area contributed by atoms with Crippen LogP contribution in [-0.2, 0) is 0 Å². The van der Waals surface area contributed by atoms with Crippen molar-refractivity contribution in [3.05, 3.63) is 64.9 Å². The van der Waals surface area contributed by atoms with Crippen molar-refractivity contribution < 1.29 is 4.39 Å². The molecule has 1 atom stereocenters. The summed E-state index contributed by atoms with van der Waals surface area (Å²) in [4.78, 5) is 0. The van der Waals surface area contributed by atoms with Crippen LogP contribution in [0.2, 0.25) is 5.02 Å². The number of hydrogen-bond donors (Lipinski definition) is 1. The lowest BCUT2D eigenvalue weighted by Crippen LogP contribution is -2.06. The smallest absolute Gasteiger partial charge is 0.123 e. The molecule has 0 heterocycles. The standard InChI is InChI=1S/C14H13ClFN/c1-10(11-4-2-6-13(16)8-11)17-14-7-3-5-12(15)9-14/h2-10,17H,1H3. The van der Waals surface area contributed by atoms with Crippen molar-refractivity contribution in [1.29, 1.82) is 0 Å². The fourth-order valence-corrected chi connectivity index (χ4v) is 1.88. The Bertz CT molecular complexity index is 513. The van der Waals surface area contributed by atoms with Gasteiger partial charge in [-0.3, -0.25) is 0 Å². The van der Waals surface area contributed by atoms with Gasteiger partial charge in [0.1, 0.15) is 5.82 Å². The molecular formula is C14H13ClFN. The van der Waals surface area contributed by atoms with Gasteiger partial charge in [0.15, 0.2) is 0 Å². The molecule has 1 N–H and O–H groups in total. The molecule has 2 aromatic rings. The zero-order chi connectivity index (χ0) is 12.3. The van der Waals surface area contributed by atoms with Gasteiger partial charge in [-0.2, -0.15) is 0 Å². The number of hydrogen-bond acceptors (Lipinski definition) is 1. The number of benzene rings is 2. The quantitative estimate of drug-likeness (QED) is 0.835. The van der Waals surface area contributed by atoms with Crippen molar-refractivity contribution in [3.8, 4) is 0 Å². The second kappa shape index (κ2) is 5.19. The first-order valence-electron chi connectivity index (χ1n) is 5.43. The average molecular weight is 250 g/mol. The van der Waals surface area contributed by atoms with Gasteiger partial charge < -0.3 is 5.32 Å². The lowest BCUT2D eigenvalue weighted by atomic mass is 10.1. The molecule has 0 aliphatic rings. The van der Waals surface area contributed by atoms with Crippen LogP contribution in [0.5, 0.6) is 0 Å². The third-order valence-corrected chi connectivity index (χ3v) is 2.79. The predicted octanol–water partition coefficient (Wildman–Crippen LogP) is 4.65. The van der Waals surface area contributed by atoms with E-state index in [2.05, 4.69) is 5.32 Å². The second-order valence-corrected chi connectivity index (χ2v) is 4.37. The summed E-state index contributed by atoms with van der Waals surface area (Å²) in [6, 6.07) is 14.1. The van der Waals surface area contributed by atoms with Gasteiger partial charge >= 0.3 is 0 Å². The third-order valence-electron chi connectivity index (χ3n) is 2.56. The minimum absolute atomic E-state index is 0.0316. The molecule has 0 aliphatic carbocycles. The first-order valence-corrected chi connectivity index (χ1v) is 5.80. The maximum absolute atomic E-state index is 13.1. The van der Waals surface area contributed by atoms with E-state index in [4.69, 9.17) is 11.6 Å². The highest BCUT2D eigenvalue weighted by Gasteiger charge is 2.06. The van der Waals surface area contributed by atoms with Gasteiger partial charge in [-0.25, -0.2) is 4.39 Å². The molecule has 2 rings (SSSR count). The van der Waals surface area contributed by atoms with Crippen LogP contribution in [0.1, 0.15) is 18.5 Å². The van der Waals surface area contributed by atoms with Gasteiger partial charge in [0.25, 0.3) is 0 Å². The molecule has 88 valence electrons. The molecule has 0 aromatic heterocycles. The summed E-state index contributed by atoms with van der Waals surface area (Å²) < 4.78 is 13.1. The minimum Gasteiger partial charge on any atom is -0.378 e. The molecule has 0 spiro atoms. The molecule has 17 heavy (non-hydrogen) atoms. The molecule has 1 nitrogen and oxygen atoms in total. The van der Waals surface area contributed by atoms with Crippen LogP contribution in [0.15, 0.2) is 48.5 Å². The van der Waals surface area contributed by atoms with E-state index in [0.29, 0.717) is 5.02 Å². The van der Waals surface area contributed by atoms with Crippen LogP contribution in [0.3, 0.4) is 0 Å². The Balaban J connectivity index is 2.14. The van der Waals surface area contributed by atoms with E-state index in [1.165, 1.54) is 12.1 Å². The van der Waals surface area contributed by atoms with Crippen LogP contribution in [0, 0.1) is 5.82 Å². The lowest BCUT2D eigenvalue weighted by Gasteiger charge is -2.15. The molecule has 0 fully saturated rings. The van der Waals surface area contributed by atoms with E-state index >= 15 is 0 Å². The highest BCUT2D eigenvalue weighted by atomic mass is 35.5. The van der Waals surface area contributed by atoms with Crippen molar-refractivity contribution >= 4 is 17.3 Å². The van der Waals surface area contributed by atoms with Crippen LogP contribution in [0.25, 0.3) is 0 Å². The van der Waals surface area contributed by atoms with Crippen molar-refractivity contribution in [2.45, 2.75) is 13.0 Å². The SMILES string of the molecule is CC(Nc1cccc(Cl)c1)c1cccc(F)c1. The Morgan fingerprint density at radius 3 is 2.59 bits per heavy atom. The molecule has 0 amide bonds. The second-order valence-electron chi connectivity index (χ2n) is 3.93. The average Bonchev–Trinajstić information content (AvgIpc) is 2.29. The zero-order valence-electron chi connectivity index (χ0n) is 9.45. The molecule has 0 aliphatic heterocycles. The first kappa shape index (κ1) is 11.9.